The minimum absolute atomic E-state index is 0.0136. The van der Waals surface area contributed by atoms with E-state index in [2.05, 4.69) is 10.3 Å². The Hall–Kier alpha value is -4.16. The molecule has 236 valence electrons. The van der Waals surface area contributed by atoms with Crippen LogP contribution in [0.15, 0.2) is 84.0 Å². The molecule has 12 heteroatoms. The molecule has 1 aromatic heterocycles. The van der Waals surface area contributed by atoms with Gasteiger partial charge in [0.25, 0.3) is 0 Å². The molecule has 0 spiro atoms. The maximum Gasteiger partial charge on any atom is 0.247 e. The van der Waals surface area contributed by atoms with Gasteiger partial charge in [-0.2, -0.15) is 4.31 Å². The Bertz CT molecular complexity index is 1830. The molecule has 4 aromatic rings. The number of aromatic nitrogens is 1. The summed E-state index contributed by atoms with van der Waals surface area (Å²) in [4.78, 5) is 18.2. The van der Waals surface area contributed by atoms with Gasteiger partial charge in [-0.25, -0.2) is 14.3 Å². The zero-order valence-electron chi connectivity index (χ0n) is 25.6. The number of nitrogens with zero attached hydrogens (tertiary/aromatic N) is 3. The number of carbonyl (C=O) groups is 1. The van der Waals surface area contributed by atoms with Gasteiger partial charge in [0, 0.05) is 37.3 Å². The lowest BCUT2D eigenvalue weighted by Crippen LogP contribution is -2.37. The second kappa shape index (κ2) is 12.7. The van der Waals surface area contributed by atoms with Crippen molar-refractivity contribution in [2.24, 2.45) is 11.3 Å². The summed E-state index contributed by atoms with van der Waals surface area (Å²) in [5, 5.41) is 4.85. The average molecular weight is 649 g/mol. The third kappa shape index (κ3) is 6.34. The van der Waals surface area contributed by atoms with Gasteiger partial charge < -0.3 is 20.8 Å². The average Bonchev–Trinajstić information content (AvgIpc) is 3.12. The highest BCUT2D eigenvalue weighted by Gasteiger charge is 2.41. The van der Waals surface area contributed by atoms with Gasteiger partial charge in [-0.05, 0) is 65.6 Å². The third-order valence-electron chi connectivity index (χ3n) is 8.27. The number of hydrazine groups is 1. The first kappa shape index (κ1) is 32.2. The Morgan fingerprint density at radius 3 is 2.62 bits per heavy atom. The summed E-state index contributed by atoms with van der Waals surface area (Å²) in [7, 11) is -2.17. The first-order valence-electron chi connectivity index (χ1n) is 14.4. The highest BCUT2D eigenvalue weighted by molar-refractivity contribution is 7.89. The fourth-order valence-electron chi connectivity index (χ4n) is 5.74. The smallest absolute Gasteiger partial charge is 0.247 e. The van der Waals surface area contributed by atoms with Gasteiger partial charge in [0.1, 0.15) is 17.3 Å². The number of carbonyl (C=O) groups excluding carboxylic acids is 1. The van der Waals surface area contributed by atoms with Crippen LogP contribution in [0.5, 0.6) is 5.75 Å². The van der Waals surface area contributed by atoms with E-state index in [4.69, 9.17) is 27.9 Å². The monoisotopic (exact) mass is 648 g/mol. The molecule has 1 aliphatic heterocycles. The normalized spacial score (nSPS) is 15.3. The van der Waals surface area contributed by atoms with E-state index in [9.17, 15) is 13.2 Å². The molecule has 1 amide bonds. The van der Waals surface area contributed by atoms with Crippen LogP contribution < -0.4 is 26.6 Å². The van der Waals surface area contributed by atoms with Crippen molar-refractivity contribution < 1.29 is 17.9 Å². The van der Waals surface area contributed by atoms with Crippen LogP contribution in [0.1, 0.15) is 42.0 Å². The number of benzene rings is 3. The number of hydrogen-bond acceptors (Lipinski definition) is 8. The number of halogens is 1. The molecule has 0 fully saturated rings. The summed E-state index contributed by atoms with van der Waals surface area (Å²) in [5.41, 5.74) is 10.2. The molecule has 5 N–H and O–H groups in total. The molecule has 2 heterocycles. The number of pyridine rings is 1. The van der Waals surface area contributed by atoms with Crippen molar-refractivity contribution in [3.8, 4) is 5.75 Å². The van der Waals surface area contributed by atoms with Gasteiger partial charge >= 0.3 is 0 Å². The molecular weight excluding hydrogens is 612 g/mol. The topological polar surface area (TPSA) is 144 Å². The second-order valence-corrected chi connectivity index (χ2v) is 14.0. The third-order valence-corrected chi connectivity index (χ3v) is 10.5. The second-order valence-electron chi connectivity index (χ2n) is 11.7. The van der Waals surface area contributed by atoms with Gasteiger partial charge in [0.15, 0.2) is 0 Å². The number of hydrogen-bond donors (Lipinski definition) is 3. The molecular formula is C33H37ClN6O4S. The maximum absolute atomic E-state index is 14.0. The number of sulfonamides is 1. The van der Waals surface area contributed by atoms with Crippen molar-refractivity contribution in [1.29, 1.82) is 0 Å². The fourth-order valence-corrected chi connectivity index (χ4v) is 7.46. The lowest BCUT2D eigenvalue weighted by atomic mass is 9.69. The molecule has 0 saturated heterocycles. The summed E-state index contributed by atoms with van der Waals surface area (Å²) in [6.45, 7) is 5.98. The van der Waals surface area contributed by atoms with E-state index < -0.39 is 21.4 Å². The van der Waals surface area contributed by atoms with Crippen LogP contribution in [0, 0.1) is 12.3 Å². The highest BCUT2D eigenvalue weighted by Crippen LogP contribution is 2.46. The van der Waals surface area contributed by atoms with Crippen LogP contribution >= 0.6 is 11.6 Å². The molecule has 0 aliphatic carbocycles. The molecule has 10 nitrogen and oxygen atoms in total. The number of rotatable bonds is 8. The van der Waals surface area contributed by atoms with Crippen molar-refractivity contribution in [1.82, 2.24) is 9.29 Å². The fraction of sp³-hybridized carbons (Fsp3) is 0.273. The summed E-state index contributed by atoms with van der Waals surface area (Å²) in [5.74, 6) is 5.60. The minimum atomic E-state index is -3.87. The Kier molecular flexibility index (Phi) is 9.09. The number of nitrogens with two attached hydrogens (primary N) is 2. The van der Waals surface area contributed by atoms with Crippen molar-refractivity contribution >= 4 is 44.6 Å². The molecule has 1 unspecified atom stereocenters. The molecule has 0 radical (unpaired) electrons. The predicted molar refractivity (Wildman–Crippen MR) is 178 cm³/mol. The number of ether oxygens (including phenoxy) is 1. The first-order chi connectivity index (χ1) is 21.3. The molecule has 1 atom stereocenters. The number of para-hydroxylation sites is 1. The van der Waals surface area contributed by atoms with E-state index >= 15 is 0 Å². The number of amides is 1. The van der Waals surface area contributed by atoms with Crippen LogP contribution in [0.4, 0.5) is 17.1 Å². The number of nitrogens with one attached hydrogen (secondary N) is 1. The van der Waals surface area contributed by atoms with Gasteiger partial charge in [-0.3, -0.25) is 9.78 Å². The zero-order chi connectivity index (χ0) is 32.5. The predicted octanol–water partition coefficient (Wildman–Crippen LogP) is 5.32. The Morgan fingerprint density at radius 2 is 1.91 bits per heavy atom. The van der Waals surface area contributed by atoms with E-state index in [1.165, 1.54) is 15.4 Å². The first-order valence-corrected chi connectivity index (χ1v) is 16.2. The van der Waals surface area contributed by atoms with Crippen LogP contribution in [-0.4, -0.2) is 43.8 Å². The van der Waals surface area contributed by atoms with Gasteiger partial charge in [0.05, 0.1) is 28.7 Å². The number of nitrogen functional groups attached to an aromatic ring is 1. The highest BCUT2D eigenvalue weighted by atomic mass is 35.5. The van der Waals surface area contributed by atoms with Crippen molar-refractivity contribution in [3.63, 3.8) is 0 Å². The van der Waals surface area contributed by atoms with Crippen LogP contribution in [0.2, 0.25) is 5.02 Å². The summed E-state index contributed by atoms with van der Waals surface area (Å²) < 4.78 is 34.5. The zero-order valence-corrected chi connectivity index (χ0v) is 27.2. The van der Waals surface area contributed by atoms with E-state index in [-0.39, 0.29) is 30.5 Å². The largest absolute Gasteiger partial charge is 0.491 e. The van der Waals surface area contributed by atoms with Crippen molar-refractivity contribution in [2.45, 2.75) is 38.1 Å². The van der Waals surface area contributed by atoms with E-state index in [1.807, 2.05) is 45.0 Å². The van der Waals surface area contributed by atoms with Gasteiger partial charge in [0.2, 0.25) is 15.9 Å². The Morgan fingerprint density at radius 1 is 1.16 bits per heavy atom. The Labute approximate surface area is 269 Å². The van der Waals surface area contributed by atoms with Gasteiger partial charge in [-0.15, -0.1) is 0 Å². The van der Waals surface area contributed by atoms with Crippen molar-refractivity contribution in [3.05, 3.63) is 106 Å². The molecule has 5 rings (SSSR count). The standard InChI is InChI=1S/C33H37ClN6O4S/c1-21-25(12-14-27(31(21)35)39(4)36)30(33(2,3)32(41)38-24-8-7-15-37-19-24)22-11-13-26(34)23(18-22)20-40-16-17-44-28-9-5-6-10-29(28)45(40,42)43/h5-15,18-19,30H,16-17,20,35-36H2,1-4H3,(H,38,41). The quantitative estimate of drug-likeness (QED) is 0.132. The number of fused-ring (bicyclic) bond motifs is 1. The summed E-state index contributed by atoms with van der Waals surface area (Å²) in [6, 6.07) is 19.4. The van der Waals surface area contributed by atoms with Crippen molar-refractivity contribution in [2.75, 3.05) is 36.3 Å². The van der Waals surface area contributed by atoms with E-state index in [0.29, 0.717) is 33.4 Å². The molecule has 45 heavy (non-hydrogen) atoms. The Balaban J connectivity index is 1.60. The van der Waals surface area contributed by atoms with Crippen LogP contribution in [-0.2, 0) is 21.4 Å². The molecule has 0 bridgehead atoms. The van der Waals surface area contributed by atoms with E-state index in [0.717, 1.165) is 16.7 Å². The lowest BCUT2D eigenvalue weighted by Gasteiger charge is -2.36. The lowest BCUT2D eigenvalue weighted by molar-refractivity contribution is -0.124. The minimum Gasteiger partial charge on any atom is -0.491 e. The molecule has 1 aliphatic rings. The summed E-state index contributed by atoms with van der Waals surface area (Å²) >= 11 is 6.72. The SMILES string of the molecule is Cc1c(C(c2ccc(Cl)c(CN3CCOc4ccccc4S3(=O)=O)c2)C(C)(C)C(=O)Nc2cccnc2)ccc(N(C)N)c1N. The molecule has 3 aromatic carbocycles. The van der Waals surface area contributed by atoms with E-state index in [1.54, 1.807) is 55.8 Å². The van der Waals surface area contributed by atoms with Crippen LogP contribution in [0.25, 0.3) is 0 Å². The molecule has 0 saturated carbocycles. The van der Waals surface area contributed by atoms with Crippen LogP contribution in [0.3, 0.4) is 0 Å². The van der Waals surface area contributed by atoms with Gasteiger partial charge in [-0.1, -0.05) is 55.8 Å². The number of anilines is 3. The maximum atomic E-state index is 14.0. The summed E-state index contributed by atoms with van der Waals surface area (Å²) in [6.07, 6.45) is 3.22.